The Balaban J connectivity index is 1.80. The molecule has 1 atom stereocenters. The number of thioether (sulfide) groups is 1. The summed E-state index contributed by atoms with van der Waals surface area (Å²) in [6.07, 6.45) is 2.40. The SMILES string of the molecule is CCC1S/C(=N\N=C\c2ccc(OC)c(OC)c2)N(Cc2ccccc2)C1=O. The number of carbonyl (C=O) groups is 1. The molecule has 0 spiro atoms. The number of amides is 1. The summed E-state index contributed by atoms with van der Waals surface area (Å²) in [7, 11) is 3.18. The lowest BCUT2D eigenvalue weighted by Crippen LogP contribution is -2.31. The van der Waals surface area contributed by atoms with E-state index in [1.807, 2.05) is 55.5 Å². The molecule has 1 amide bonds. The molecule has 0 bridgehead atoms. The van der Waals surface area contributed by atoms with E-state index in [-0.39, 0.29) is 11.2 Å². The predicted octanol–water partition coefficient (Wildman–Crippen LogP) is 3.95. The summed E-state index contributed by atoms with van der Waals surface area (Å²) < 4.78 is 10.5. The molecule has 2 aromatic carbocycles. The number of rotatable bonds is 7. The number of hydrogen-bond acceptors (Lipinski definition) is 6. The lowest BCUT2D eigenvalue weighted by Gasteiger charge is -2.15. The number of ether oxygens (including phenoxy) is 2. The normalized spacial score (nSPS) is 18.2. The van der Waals surface area contributed by atoms with E-state index in [1.165, 1.54) is 11.8 Å². The van der Waals surface area contributed by atoms with Gasteiger partial charge >= 0.3 is 0 Å². The van der Waals surface area contributed by atoms with Gasteiger partial charge in [-0.3, -0.25) is 9.69 Å². The standard InChI is InChI=1S/C21H23N3O3S/c1-4-19-20(25)24(14-15-8-6-5-7-9-15)21(28-19)23-22-13-16-10-11-17(26-2)18(12-16)27-3/h5-13,19H,4,14H2,1-3H3/b22-13+,23-21-. The number of carbonyl (C=O) groups excluding carboxylic acids is 1. The number of benzene rings is 2. The highest BCUT2D eigenvalue weighted by atomic mass is 32.2. The zero-order chi connectivity index (χ0) is 19.9. The van der Waals surface area contributed by atoms with Crippen LogP contribution in [0.4, 0.5) is 0 Å². The van der Waals surface area contributed by atoms with Crippen molar-refractivity contribution in [1.29, 1.82) is 0 Å². The van der Waals surface area contributed by atoms with Crippen LogP contribution < -0.4 is 9.47 Å². The fraction of sp³-hybridized carbons (Fsp3) is 0.286. The molecule has 7 heteroatoms. The van der Waals surface area contributed by atoms with Crippen LogP contribution in [0.2, 0.25) is 0 Å². The van der Waals surface area contributed by atoms with Crippen molar-refractivity contribution >= 4 is 29.1 Å². The zero-order valence-corrected chi connectivity index (χ0v) is 17.0. The van der Waals surface area contributed by atoms with Gasteiger partial charge in [0, 0.05) is 0 Å². The minimum Gasteiger partial charge on any atom is -0.493 e. The van der Waals surface area contributed by atoms with Gasteiger partial charge in [0.15, 0.2) is 16.7 Å². The van der Waals surface area contributed by atoms with Crippen molar-refractivity contribution in [2.45, 2.75) is 25.1 Å². The molecule has 0 aliphatic carbocycles. The summed E-state index contributed by atoms with van der Waals surface area (Å²) in [6.45, 7) is 2.50. The maximum Gasteiger partial charge on any atom is 0.242 e. The highest BCUT2D eigenvalue weighted by Gasteiger charge is 2.36. The summed E-state index contributed by atoms with van der Waals surface area (Å²) >= 11 is 1.46. The van der Waals surface area contributed by atoms with Gasteiger partial charge in [-0.25, -0.2) is 0 Å². The first-order valence-electron chi connectivity index (χ1n) is 9.01. The van der Waals surface area contributed by atoms with Crippen LogP contribution in [-0.4, -0.2) is 41.7 Å². The fourth-order valence-corrected chi connectivity index (χ4v) is 3.86. The average molecular weight is 398 g/mol. The Kier molecular flexibility index (Phi) is 6.71. The molecule has 0 radical (unpaired) electrons. The molecule has 146 valence electrons. The number of nitrogens with zero attached hydrogens (tertiary/aromatic N) is 3. The summed E-state index contributed by atoms with van der Waals surface area (Å²) in [5.74, 6) is 1.36. The van der Waals surface area contributed by atoms with Gasteiger partial charge in [-0.2, -0.15) is 5.10 Å². The Hall–Kier alpha value is -2.80. The Bertz CT molecular complexity index is 884. The third-order valence-corrected chi connectivity index (χ3v) is 5.66. The molecule has 1 heterocycles. The molecule has 1 unspecified atom stereocenters. The number of methoxy groups -OCH3 is 2. The minimum absolute atomic E-state index is 0.0800. The van der Waals surface area contributed by atoms with Crippen molar-refractivity contribution in [3.8, 4) is 11.5 Å². The second-order valence-corrected chi connectivity index (χ2v) is 7.34. The average Bonchev–Trinajstić information content (AvgIpc) is 3.03. The largest absolute Gasteiger partial charge is 0.493 e. The van der Waals surface area contributed by atoms with Crippen LogP contribution in [0.15, 0.2) is 58.7 Å². The lowest BCUT2D eigenvalue weighted by atomic mass is 10.2. The monoisotopic (exact) mass is 397 g/mol. The molecule has 0 saturated carbocycles. The van der Waals surface area contributed by atoms with E-state index in [9.17, 15) is 4.79 Å². The maximum absolute atomic E-state index is 12.7. The first kappa shape index (κ1) is 19.9. The molecule has 1 saturated heterocycles. The minimum atomic E-state index is -0.112. The van der Waals surface area contributed by atoms with E-state index < -0.39 is 0 Å². The smallest absolute Gasteiger partial charge is 0.242 e. The van der Waals surface area contributed by atoms with Crippen LogP contribution in [0.1, 0.15) is 24.5 Å². The maximum atomic E-state index is 12.7. The van der Waals surface area contributed by atoms with E-state index in [0.29, 0.717) is 23.2 Å². The second kappa shape index (κ2) is 9.41. The summed E-state index contributed by atoms with van der Waals surface area (Å²) in [4.78, 5) is 14.4. The van der Waals surface area contributed by atoms with Crippen molar-refractivity contribution in [1.82, 2.24) is 4.90 Å². The first-order chi connectivity index (χ1) is 13.7. The van der Waals surface area contributed by atoms with Crippen LogP contribution >= 0.6 is 11.8 Å². The molecule has 3 rings (SSSR count). The molecule has 2 aromatic rings. The van der Waals surface area contributed by atoms with Gasteiger partial charge in [0.25, 0.3) is 0 Å². The first-order valence-corrected chi connectivity index (χ1v) is 9.89. The molecule has 1 aliphatic heterocycles. The van der Waals surface area contributed by atoms with Crippen LogP contribution in [0.3, 0.4) is 0 Å². The lowest BCUT2D eigenvalue weighted by molar-refractivity contribution is -0.126. The van der Waals surface area contributed by atoms with Crippen molar-refractivity contribution in [2.24, 2.45) is 10.2 Å². The van der Waals surface area contributed by atoms with Crippen molar-refractivity contribution in [3.05, 3.63) is 59.7 Å². The van der Waals surface area contributed by atoms with Crippen molar-refractivity contribution in [2.75, 3.05) is 14.2 Å². The Morgan fingerprint density at radius 3 is 2.54 bits per heavy atom. The highest BCUT2D eigenvalue weighted by molar-refractivity contribution is 8.15. The van der Waals surface area contributed by atoms with Gasteiger partial charge in [0.1, 0.15) is 0 Å². The van der Waals surface area contributed by atoms with Gasteiger partial charge in [-0.05, 0) is 35.7 Å². The van der Waals surface area contributed by atoms with Gasteiger partial charge in [-0.15, -0.1) is 5.10 Å². The van der Waals surface area contributed by atoms with Crippen molar-refractivity contribution in [3.63, 3.8) is 0 Å². The molecule has 28 heavy (non-hydrogen) atoms. The van der Waals surface area contributed by atoms with E-state index >= 15 is 0 Å². The zero-order valence-electron chi connectivity index (χ0n) is 16.2. The van der Waals surface area contributed by atoms with Crippen LogP contribution in [0.25, 0.3) is 0 Å². The predicted molar refractivity (Wildman–Crippen MR) is 113 cm³/mol. The third-order valence-electron chi connectivity index (χ3n) is 4.33. The topological polar surface area (TPSA) is 63.5 Å². The number of hydrogen-bond donors (Lipinski definition) is 0. The number of amidine groups is 1. The Labute approximate surface area is 169 Å². The molecule has 0 N–H and O–H groups in total. The van der Waals surface area contributed by atoms with Crippen LogP contribution in [0, 0.1) is 0 Å². The van der Waals surface area contributed by atoms with Crippen molar-refractivity contribution < 1.29 is 14.3 Å². The Morgan fingerprint density at radius 2 is 1.86 bits per heavy atom. The molecule has 1 aliphatic rings. The van der Waals surface area contributed by atoms with Gasteiger partial charge in [0.05, 0.1) is 32.2 Å². The quantitative estimate of drug-likeness (QED) is 0.524. The summed E-state index contributed by atoms with van der Waals surface area (Å²) in [5.41, 5.74) is 1.89. The summed E-state index contributed by atoms with van der Waals surface area (Å²) in [5, 5.41) is 9.04. The van der Waals surface area contributed by atoms with E-state index in [4.69, 9.17) is 9.47 Å². The van der Waals surface area contributed by atoms with Crippen LogP contribution in [0.5, 0.6) is 11.5 Å². The molecule has 1 fully saturated rings. The third kappa shape index (κ3) is 4.54. The van der Waals surface area contributed by atoms with Gasteiger partial charge in [0.2, 0.25) is 5.91 Å². The van der Waals surface area contributed by atoms with Gasteiger partial charge < -0.3 is 9.47 Å². The molecular formula is C21H23N3O3S. The second-order valence-electron chi connectivity index (χ2n) is 6.17. The van der Waals surface area contributed by atoms with E-state index in [1.54, 1.807) is 25.3 Å². The van der Waals surface area contributed by atoms with Gasteiger partial charge in [-0.1, -0.05) is 49.0 Å². The van der Waals surface area contributed by atoms with E-state index in [2.05, 4.69) is 10.2 Å². The molecular weight excluding hydrogens is 374 g/mol. The molecule has 6 nitrogen and oxygen atoms in total. The molecule has 0 aromatic heterocycles. The summed E-state index contributed by atoms with van der Waals surface area (Å²) in [6, 6.07) is 15.4. The fourth-order valence-electron chi connectivity index (χ4n) is 2.83. The van der Waals surface area contributed by atoms with Crippen LogP contribution in [-0.2, 0) is 11.3 Å². The van der Waals surface area contributed by atoms with E-state index in [0.717, 1.165) is 17.5 Å². The highest BCUT2D eigenvalue weighted by Crippen LogP contribution is 2.31. The Morgan fingerprint density at radius 1 is 1.11 bits per heavy atom.